The van der Waals surface area contributed by atoms with Gasteiger partial charge in [-0.15, -0.1) is 0 Å². The van der Waals surface area contributed by atoms with E-state index in [1.165, 1.54) is 5.56 Å². The molecule has 0 spiro atoms. The third kappa shape index (κ3) is 6.75. The predicted molar refractivity (Wildman–Crippen MR) is 115 cm³/mol. The van der Waals surface area contributed by atoms with Crippen molar-refractivity contribution in [3.8, 4) is 5.75 Å². The van der Waals surface area contributed by atoms with Gasteiger partial charge < -0.3 is 9.47 Å². The average Bonchev–Trinajstić information content (AvgIpc) is 2.55. The van der Waals surface area contributed by atoms with Crippen molar-refractivity contribution < 1.29 is 33.1 Å². The number of ether oxygens (including phenoxy) is 2. The summed E-state index contributed by atoms with van der Waals surface area (Å²) >= 11 is 0. The minimum absolute atomic E-state index is 0. The van der Waals surface area contributed by atoms with E-state index in [1.807, 2.05) is 52.0 Å². The molecule has 0 bridgehead atoms. The van der Waals surface area contributed by atoms with Gasteiger partial charge in [-0.1, -0.05) is 45.0 Å². The van der Waals surface area contributed by atoms with Crippen LogP contribution in [-0.2, 0) is 10.2 Å². The summed E-state index contributed by atoms with van der Waals surface area (Å²) in [5, 5.41) is 1.01. The third-order valence-corrected chi connectivity index (χ3v) is 5.54. The van der Waals surface area contributed by atoms with Gasteiger partial charge in [0.25, 0.3) is 0 Å². The molecule has 28 heavy (non-hydrogen) atoms. The summed E-state index contributed by atoms with van der Waals surface area (Å²) in [7, 11) is 0.0988. The summed E-state index contributed by atoms with van der Waals surface area (Å²) in [6.07, 6.45) is -0.281. The van der Waals surface area contributed by atoms with Crippen molar-refractivity contribution >= 4 is 19.4 Å². The fourth-order valence-corrected chi connectivity index (χ4v) is 4.14. The Morgan fingerprint density at radius 3 is 2.07 bits per heavy atom. The fraction of sp³-hybridized carbons (Fsp3) is 0.435. The molecule has 2 unspecified atom stereocenters. The molecule has 2 atom stereocenters. The van der Waals surface area contributed by atoms with Crippen LogP contribution in [0.15, 0.2) is 36.4 Å². The average molecular weight is 393 g/mol. The third-order valence-electron chi connectivity index (χ3n) is 4.44. The molecule has 3 nitrogen and oxygen atoms in total. The number of aryl methyl sites for hydroxylation is 2. The normalized spacial score (nSPS) is 12.7. The molecule has 146 valence electrons. The standard InChI is InChI=1S/C23H31O3P.Li/c1-8-25-17(4)26-19-9-11-20(12-10-19)27-22(24)21-15(2)13-18(14-16(21)3)23(5,6)7;/h9-14,17,27H,8H2,1-7H3;/q;+1. The van der Waals surface area contributed by atoms with E-state index < -0.39 is 0 Å². The molecule has 2 rings (SSSR count). The van der Waals surface area contributed by atoms with Gasteiger partial charge in [0.05, 0.1) is 0 Å². The van der Waals surface area contributed by atoms with Crippen LogP contribution >= 0.6 is 8.58 Å². The second kappa shape index (κ2) is 10.6. The number of hydrogen-bond donors (Lipinski definition) is 0. The van der Waals surface area contributed by atoms with Crippen molar-refractivity contribution in [3.63, 3.8) is 0 Å². The zero-order chi connectivity index (χ0) is 20.2. The molecule has 0 saturated carbocycles. The Hall–Kier alpha value is -1.10. The van der Waals surface area contributed by atoms with Crippen molar-refractivity contribution in [2.75, 3.05) is 6.61 Å². The Bertz CT molecular complexity index is 771. The molecule has 0 amide bonds. The molecule has 0 aliphatic carbocycles. The first-order chi connectivity index (χ1) is 12.6. The quantitative estimate of drug-likeness (QED) is 0.412. The molecule has 0 aromatic heterocycles. The van der Waals surface area contributed by atoms with E-state index in [9.17, 15) is 4.79 Å². The van der Waals surface area contributed by atoms with E-state index >= 15 is 0 Å². The van der Waals surface area contributed by atoms with Crippen molar-refractivity contribution in [1.82, 2.24) is 0 Å². The first kappa shape index (κ1) is 24.9. The molecule has 0 fully saturated rings. The van der Waals surface area contributed by atoms with Crippen LogP contribution in [0.3, 0.4) is 0 Å². The molecule has 0 N–H and O–H groups in total. The zero-order valence-corrected chi connectivity index (χ0v) is 19.5. The molecule has 0 aliphatic heterocycles. The summed E-state index contributed by atoms with van der Waals surface area (Å²) in [4.78, 5) is 12.9. The second-order valence-electron chi connectivity index (χ2n) is 7.85. The van der Waals surface area contributed by atoms with Crippen molar-refractivity contribution in [2.45, 2.75) is 60.2 Å². The van der Waals surface area contributed by atoms with E-state index in [1.54, 1.807) is 0 Å². The molecule has 0 radical (unpaired) electrons. The van der Waals surface area contributed by atoms with Crippen LogP contribution in [0.25, 0.3) is 0 Å². The van der Waals surface area contributed by atoms with Gasteiger partial charge >= 0.3 is 18.9 Å². The molecule has 0 saturated heterocycles. The van der Waals surface area contributed by atoms with Crippen molar-refractivity contribution in [1.29, 1.82) is 0 Å². The van der Waals surface area contributed by atoms with Gasteiger partial charge in [0, 0.05) is 12.2 Å². The Labute approximate surface area is 183 Å². The van der Waals surface area contributed by atoms with Crippen LogP contribution in [0.1, 0.15) is 61.7 Å². The predicted octanol–water partition coefficient (Wildman–Crippen LogP) is 2.51. The number of carbonyl (C=O) groups excluding carboxylic acids is 1. The summed E-state index contributed by atoms with van der Waals surface area (Å²) in [6, 6.07) is 12.0. The second-order valence-corrected chi connectivity index (χ2v) is 9.14. The molecule has 5 heteroatoms. The number of hydrogen-bond acceptors (Lipinski definition) is 3. The number of carbonyl (C=O) groups is 1. The Morgan fingerprint density at radius 1 is 1.07 bits per heavy atom. The smallest absolute Gasteiger partial charge is 0.465 e. The summed E-state index contributed by atoms with van der Waals surface area (Å²) < 4.78 is 11.1. The van der Waals surface area contributed by atoms with E-state index in [2.05, 4.69) is 32.9 Å². The van der Waals surface area contributed by atoms with Gasteiger partial charge in [0.1, 0.15) is 5.75 Å². The van der Waals surface area contributed by atoms with E-state index in [-0.39, 0.29) is 44.7 Å². The van der Waals surface area contributed by atoms with Gasteiger partial charge in [-0.25, -0.2) is 0 Å². The first-order valence-electron chi connectivity index (χ1n) is 9.43. The first-order valence-corrected chi connectivity index (χ1v) is 10.4. The van der Waals surface area contributed by atoms with E-state index in [0.717, 1.165) is 27.7 Å². The van der Waals surface area contributed by atoms with Crippen LogP contribution in [0, 0.1) is 13.8 Å². The van der Waals surface area contributed by atoms with Crippen molar-refractivity contribution in [2.24, 2.45) is 0 Å². The van der Waals surface area contributed by atoms with Gasteiger partial charge in [0.15, 0.2) is 11.8 Å². The largest absolute Gasteiger partial charge is 1.00 e. The summed E-state index contributed by atoms with van der Waals surface area (Å²) in [5.74, 6) is 0.749. The van der Waals surface area contributed by atoms with Crippen LogP contribution in [0.5, 0.6) is 5.75 Å². The monoisotopic (exact) mass is 393 g/mol. The van der Waals surface area contributed by atoms with E-state index in [0.29, 0.717) is 6.61 Å². The molecular formula is C23H31LiO3P+. The summed E-state index contributed by atoms with van der Waals surface area (Å²) in [5.41, 5.74) is 4.50. The fourth-order valence-electron chi connectivity index (χ4n) is 3.03. The van der Waals surface area contributed by atoms with Crippen molar-refractivity contribution in [3.05, 3.63) is 58.7 Å². The molecule has 0 heterocycles. The maximum Gasteiger partial charge on any atom is 1.00 e. The molecule has 2 aromatic rings. The van der Waals surface area contributed by atoms with Gasteiger partial charge in [-0.2, -0.15) is 0 Å². The zero-order valence-electron chi connectivity index (χ0n) is 18.5. The Balaban J connectivity index is 0.00000392. The molecule has 2 aromatic carbocycles. The van der Waals surface area contributed by atoms with E-state index in [4.69, 9.17) is 9.47 Å². The van der Waals surface area contributed by atoms with Crippen LogP contribution in [-0.4, -0.2) is 18.4 Å². The topological polar surface area (TPSA) is 35.5 Å². The molecule has 0 aliphatic rings. The SMILES string of the molecule is CCOC(C)Oc1ccc(PC(=O)c2c(C)cc(C(C)(C)C)cc2C)cc1.[Li+]. The molecular weight excluding hydrogens is 362 g/mol. The Morgan fingerprint density at radius 2 is 1.61 bits per heavy atom. The van der Waals surface area contributed by atoms with Crippen LogP contribution in [0.2, 0.25) is 0 Å². The Kier molecular flexibility index (Phi) is 9.45. The minimum atomic E-state index is -0.281. The summed E-state index contributed by atoms with van der Waals surface area (Å²) in [6.45, 7) is 15.1. The van der Waals surface area contributed by atoms with Gasteiger partial charge in [-0.3, -0.25) is 4.79 Å². The van der Waals surface area contributed by atoms with Crippen LogP contribution in [0.4, 0.5) is 0 Å². The number of benzene rings is 2. The van der Waals surface area contributed by atoms with Gasteiger partial charge in [0.2, 0.25) is 0 Å². The maximum atomic E-state index is 12.9. The maximum absolute atomic E-state index is 12.9. The number of rotatable bonds is 7. The minimum Gasteiger partial charge on any atom is -0.465 e. The van der Waals surface area contributed by atoms with Crippen LogP contribution < -0.4 is 28.9 Å². The van der Waals surface area contributed by atoms with Gasteiger partial charge in [-0.05, 0) is 75.8 Å².